The van der Waals surface area contributed by atoms with Gasteiger partial charge in [-0.1, -0.05) is 11.6 Å². The quantitative estimate of drug-likeness (QED) is 0.598. The molecule has 2 aromatic carbocycles. The van der Waals surface area contributed by atoms with Gasteiger partial charge in [-0.2, -0.15) is 0 Å². The minimum Gasteiger partial charge on any atom is -0.478 e. The minimum absolute atomic E-state index is 0.0889. The average Bonchev–Trinajstić information content (AvgIpc) is 3.13. The van der Waals surface area contributed by atoms with Crippen LogP contribution in [0.25, 0.3) is 10.9 Å². The van der Waals surface area contributed by atoms with Gasteiger partial charge in [0.05, 0.1) is 22.2 Å². The van der Waals surface area contributed by atoms with Gasteiger partial charge in [-0.05, 0) is 61.2 Å². The van der Waals surface area contributed by atoms with Crippen molar-refractivity contribution in [2.75, 3.05) is 5.32 Å². The fourth-order valence-electron chi connectivity index (χ4n) is 3.63. The first-order chi connectivity index (χ1) is 13.8. The van der Waals surface area contributed by atoms with Crippen LogP contribution in [0.1, 0.15) is 48.8 Å². The van der Waals surface area contributed by atoms with Gasteiger partial charge in [0.25, 0.3) is 5.91 Å². The van der Waals surface area contributed by atoms with Crippen LogP contribution in [0, 0.1) is 0 Å². The van der Waals surface area contributed by atoms with Crippen LogP contribution in [0.4, 0.5) is 5.69 Å². The van der Waals surface area contributed by atoms with Gasteiger partial charge in [0.2, 0.25) is 0 Å². The van der Waals surface area contributed by atoms with Crippen LogP contribution in [-0.2, 0) is 12.8 Å². The molecule has 3 aromatic rings. The Labute approximate surface area is 169 Å². The van der Waals surface area contributed by atoms with E-state index in [4.69, 9.17) is 11.6 Å². The number of anilines is 1. The van der Waals surface area contributed by atoms with Crippen molar-refractivity contribution in [1.82, 2.24) is 4.98 Å². The summed E-state index contributed by atoms with van der Waals surface area (Å²) in [5.41, 5.74) is 2.40. The van der Waals surface area contributed by atoms with Crippen molar-refractivity contribution in [3.63, 3.8) is 0 Å². The fraction of sp³-hybridized carbons (Fsp3) is 0.143. The number of amides is 1. The number of aromatic carboxylic acids is 2. The number of nitrogens with one attached hydrogen (secondary N) is 1. The highest BCUT2D eigenvalue weighted by atomic mass is 35.5. The Hall–Kier alpha value is -3.45. The van der Waals surface area contributed by atoms with E-state index >= 15 is 0 Å². The Morgan fingerprint density at radius 3 is 2.31 bits per heavy atom. The maximum atomic E-state index is 13.2. The number of nitrogens with zero attached hydrogens (tertiary/aromatic N) is 1. The second-order valence-corrected chi connectivity index (χ2v) is 7.23. The summed E-state index contributed by atoms with van der Waals surface area (Å²) in [5, 5.41) is 22.2. The molecule has 1 heterocycles. The number of carbonyl (C=O) groups is 3. The maximum Gasteiger partial charge on any atom is 0.335 e. The molecular weight excluding hydrogens is 396 g/mol. The molecule has 0 fully saturated rings. The molecular formula is C21H15ClN2O5. The van der Waals surface area contributed by atoms with E-state index in [0.29, 0.717) is 27.9 Å². The van der Waals surface area contributed by atoms with Crippen LogP contribution in [0.2, 0.25) is 5.02 Å². The van der Waals surface area contributed by atoms with Crippen molar-refractivity contribution in [3.8, 4) is 0 Å². The lowest BCUT2D eigenvalue weighted by atomic mass is 10.00. The van der Waals surface area contributed by atoms with Crippen molar-refractivity contribution in [2.45, 2.75) is 19.3 Å². The fourth-order valence-corrected chi connectivity index (χ4v) is 3.81. The van der Waals surface area contributed by atoms with Gasteiger partial charge >= 0.3 is 11.9 Å². The molecule has 1 aromatic heterocycles. The predicted molar refractivity (Wildman–Crippen MR) is 107 cm³/mol. The van der Waals surface area contributed by atoms with Crippen LogP contribution < -0.4 is 5.32 Å². The molecule has 0 radical (unpaired) electrons. The molecule has 0 bridgehead atoms. The molecule has 29 heavy (non-hydrogen) atoms. The summed E-state index contributed by atoms with van der Waals surface area (Å²) in [7, 11) is 0. The molecule has 3 N–H and O–H groups in total. The molecule has 146 valence electrons. The Kier molecular flexibility index (Phi) is 4.68. The van der Waals surface area contributed by atoms with E-state index in [0.717, 1.165) is 30.2 Å². The van der Waals surface area contributed by atoms with Crippen molar-refractivity contribution in [1.29, 1.82) is 0 Å². The highest BCUT2D eigenvalue weighted by Gasteiger charge is 2.24. The highest BCUT2D eigenvalue weighted by Crippen LogP contribution is 2.32. The number of rotatable bonds is 4. The molecule has 4 rings (SSSR count). The van der Waals surface area contributed by atoms with E-state index < -0.39 is 17.8 Å². The Balaban J connectivity index is 1.82. The molecule has 1 aliphatic rings. The number of carboxylic acid groups (broad SMARTS) is 2. The number of benzene rings is 2. The number of aromatic nitrogens is 1. The molecule has 0 saturated heterocycles. The molecule has 1 aliphatic carbocycles. The molecule has 0 saturated carbocycles. The summed E-state index contributed by atoms with van der Waals surface area (Å²) in [4.78, 5) is 40.5. The summed E-state index contributed by atoms with van der Waals surface area (Å²) >= 11 is 6.13. The third kappa shape index (κ3) is 3.52. The Bertz CT molecular complexity index is 1170. The number of fused-ring (bicyclic) bond motifs is 2. The normalized spacial score (nSPS) is 12.6. The van der Waals surface area contributed by atoms with Crippen LogP contribution in [-0.4, -0.2) is 33.0 Å². The lowest BCUT2D eigenvalue weighted by Crippen LogP contribution is -2.17. The van der Waals surface area contributed by atoms with Gasteiger partial charge < -0.3 is 15.5 Å². The predicted octanol–water partition coefficient (Wildman–Crippen LogP) is 4.03. The number of carboxylic acids is 2. The first-order valence-electron chi connectivity index (χ1n) is 8.87. The third-order valence-electron chi connectivity index (χ3n) is 4.89. The smallest absolute Gasteiger partial charge is 0.335 e. The number of pyridine rings is 1. The zero-order valence-electron chi connectivity index (χ0n) is 15.0. The van der Waals surface area contributed by atoms with Gasteiger partial charge in [0.1, 0.15) is 0 Å². The highest BCUT2D eigenvalue weighted by molar-refractivity contribution is 6.31. The number of hydrogen-bond donors (Lipinski definition) is 3. The standard InChI is InChI=1S/C21H15ClN2O5/c22-12-4-5-17-15(9-12)18(14-2-1-3-16(14)24-17)19(25)23-13-7-10(20(26)27)6-11(8-13)21(28)29/h4-9H,1-3H2,(H,23,25)(H,26,27)(H,28,29). The van der Waals surface area contributed by atoms with Gasteiger partial charge in [-0.25, -0.2) is 9.59 Å². The molecule has 0 unspecified atom stereocenters. The van der Waals surface area contributed by atoms with E-state index in [1.54, 1.807) is 18.2 Å². The summed E-state index contributed by atoms with van der Waals surface area (Å²) in [6, 6.07) is 8.62. The van der Waals surface area contributed by atoms with Crippen LogP contribution in [0.5, 0.6) is 0 Å². The average molecular weight is 411 g/mol. The van der Waals surface area contributed by atoms with Crippen LogP contribution >= 0.6 is 11.6 Å². The van der Waals surface area contributed by atoms with Gasteiger partial charge in [0.15, 0.2) is 0 Å². The summed E-state index contributed by atoms with van der Waals surface area (Å²) in [5.74, 6) is -3.03. The maximum absolute atomic E-state index is 13.2. The molecule has 0 spiro atoms. The first kappa shape index (κ1) is 18.9. The minimum atomic E-state index is -1.29. The zero-order valence-corrected chi connectivity index (χ0v) is 15.8. The SMILES string of the molecule is O=C(O)c1cc(NC(=O)c2c3c(nc4ccc(Cl)cc24)CCC3)cc(C(=O)O)c1. The zero-order chi connectivity index (χ0) is 20.7. The summed E-state index contributed by atoms with van der Waals surface area (Å²) in [6.07, 6.45) is 2.35. The second-order valence-electron chi connectivity index (χ2n) is 6.79. The molecule has 7 nitrogen and oxygen atoms in total. The van der Waals surface area contributed by atoms with E-state index in [2.05, 4.69) is 10.3 Å². The van der Waals surface area contributed by atoms with Crippen LogP contribution in [0.15, 0.2) is 36.4 Å². The van der Waals surface area contributed by atoms with Gasteiger partial charge in [-0.3, -0.25) is 9.78 Å². The van der Waals surface area contributed by atoms with Crippen molar-refractivity contribution in [3.05, 3.63) is 69.4 Å². The third-order valence-corrected chi connectivity index (χ3v) is 5.12. The topological polar surface area (TPSA) is 117 Å². The van der Waals surface area contributed by atoms with Crippen molar-refractivity contribution in [2.24, 2.45) is 0 Å². The number of aryl methyl sites for hydroxylation is 1. The van der Waals surface area contributed by atoms with Crippen molar-refractivity contribution < 1.29 is 24.6 Å². The van der Waals surface area contributed by atoms with E-state index in [-0.39, 0.29) is 16.8 Å². The number of hydrogen-bond acceptors (Lipinski definition) is 4. The molecule has 0 atom stereocenters. The first-order valence-corrected chi connectivity index (χ1v) is 9.25. The van der Waals surface area contributed by atoms with Crippen molar-refractivity contribution >= 4 is 46.0 Å². The lowest BCUT2D eigenvalue weighted by Gasteiger charge is -2.14. The largest absolute Gasteiger partial charge is 0.478 e. The lowest BCUT2D eigenvalue weighted by molar-refractivity contribution is 0.0696. The van der Waals surface area contributed by atoms with Gasteiger partial charge in [0, 0.05) is 21.8 Å². The number of carbonyl (C=O) groups excluding carboxylic acids is 1. The van der Waals surface area contributed by atoms with E-state index in [1.807, 2.05) is 0 Å². The second kappa shape index (κ2) is 7.18. The summed E-state index contributed by atoms with van der Waals surface area (Å²) < 4.78 is 0. The molecule has 8 heteroatoms. The monoisotopic (exact) mass is 410 g/mol. The van der Waals surface area contributed by atoms with Gasteiger partial charge in [-0.15, -0.1) is 0 Å². The Morgan fingerprint density at radius 1 is 0.966 bits per heavy atom. The summed E-state index contributed by atoms with van der Waals surface area (Å²) in [6.45, 7) is 0. The number of halogens is 1. The Morgan fingerprint density at radius 2 is 1.66 bits per heavy atom. The van der Waals surface area contributed by atoms with Crippen LogP contribution in [0.3, 0.4) is 0 Å². The molecule has 1 amide bonds. The molecule has 0 aliphatic heterocycles. The van der Waals surface area contributed by atoms with E-state index in [9.17, 15) is 24.6 Å². The van der Waals surface area contributed by atoms with E-state index in [1.165, 1.54) is 12.1 Å².